The van der Waals surface area contributed by atoms with Gasteiger partial charge in [0.15, 0.2) is 0 Å². The molecule has 0 unspecified atom stereocenters. The maximum absolute atomic E-state index is 12.9. The Morgan fingerprint density at radius 3 is 2.83 bits per heavy atom. The fourth-order valence-electron chi connectivity index (χ4n) is 3.37. The van der Waals surface area contributed by atoms with E-state index in [9.17, 15) is 4.79 Å². The number of pyridine rings is 3. The molecule has 7 heteroatoms. The fourth-order valence-corrected chi connectivity index (χ4v) is 3.37. The minimum atomic E-state index is -0.145. The third-order valence-electron chi connectivity index (χ3n) is 5.09. The number of carbonyl (C=O) groups is 1. The molecule has 0 saturated heterocycles. The van der Waals surface area contributed by atoms with Gasteiger partial charge in [0.2, 0.25) is 0 Å². The first-order valence-electron chi connectivity index (χ1n) is 10.2. The van der Waals surface area contributed by atoms with Gasteiger partial charge in [0.1, 0.15) is 11.6 Å². The first-order chi connectivity index (χ1) is 14.5. The number of nitrogens with zero attached hydrogens (tertiary/aromatic N) is 4. The normalized spacial score (nSPS) is 13.3. The molecule has 1 fully saturated rings. The molecule has 3 heterocycles. The number of hydrogen-bond donors (Lipinski definition) is 2. The van der Waals surface area contributed by atoms with Gasteiger partial charge in [-0.1, -0.05) is 12.8 Å². The standard InChI is InChI=1S/C23H24N6O/c1-14(2)28-21-18(23(30)26-8-7-15-3-4-15)13-27-20-6-5-19(29-22(20)21)17-9-16(10-24)11-25-12-17/h5-6,9,11-15H,3-4,7-8H2,1-2H3,(H,26,30)(H,27,28). The van der Waals surface area contributed by atoms with Crippen molar-refractivity contribution < 1.29 is 4.79 Å². The highest BCUT2D eigenvalue weighted by atomic mass is 16.1. The van der Waals surface area contributed by atoms with Crippen LogP contribution in [0.4, 0.5) is 5.69 Å². The summed E-state index contributed by atoms with van der Waals surface area (Å²) in [5, 5.41) is 15.6. The molecule has 1 aliphatic carbocycles. The highest BCUT2D eigenvalue weighted by molar-refractivity contribution is 6.06. The molecule has 1 amide bonds. The van der Waals surface area contributed by atoms with Gasteiger partial charge in [-0.25, -0.2) is 4.98 Å². The summed E-state index contributed by atoms with van der Waals surface area (Å²) >= 11 is 0. The predicted octanol–water partition coefficient (Wildman–Crippen LogP) is 3.91. The van der Waals surface area contributed by atoms with Gasteiger partial charge in [0, 0.05) is 36.7 Å². The van der Waals surface area contributed by atoms with Crippen molar-refractivity contribution in [1.29, 1.82) is 5.26 Å². The van der Waals surface area contributed by atoms with Crippen LogP contribution in [-0.4, -0.2) is 33.4 Å². The van der Waals surface area contributed by atoms with Crippen LogP contribution in [0.3, 0.4) is 0 Å². The zero-order chi connectivity index (χ0) is 21.1. The van der Waals surface area contributed by atoms with Crippen molar-refractivity contribution in [2.75, 3.05) is 11.9 Å². The summed E-state index contributed by atoms with van der Waals surface area (Å²) in [5.41, 5.74) is 4.36. The molecule has 1 aliphatic rings. The summed E-state index contributed by atoms with van der Waals surface area (Å²) in [5.74, 6) is 0.615. The van der Waals surface area contributed by atoms with Crippen LogP contribution < -0.4 is 10.6 Å². The van der Waals surface area contributed by atoms with Crippen LogP contribution in [0.25, 0.3) is 22.3 Å². The van der Waals surface area contributed by atoms with Crippen LogP contribution in [0.15, 0.2) is 36.8 Å². The van der Waals surface area contributed by atoms with Gasteiger partial charge in [-0.15, -0.1) is 0 Å². The number of fused-ring (bicyclic) bond motifs is 1. The van der Waals surface area contributed by atoms with E-state index in [0.717, 1.165) is 17.9 Å². The van der Waals surface area contributed by atoms with Crippen molar-refractivity contribution in [3.8, 4) is 17.3 Å². The molecule has 2 N–H and O–H groups in total. The largest absolute Gasteiger partial charge is 0.380 e. The van der Waals surface area contributed by atoms with Gasteiger partial charge >= 0.3 is 0 Å². The van der Waals surface area contributed by atoms with E-state index >= 15 is 0 Å². The number of hydrogen-bond acceptors (Lipinski definition) is 6. The zero-order valence-electron chi connectivity index (χ0n) is 17.1. The van der Waals surface area contributed by atoms with E-state index in [-0.39, 0.29) is 11.9 Å². The average Bonchev–Trinajstić information content (AvgIpc) is 3.57. The topological polar surface area (TPSA) is 104 Å². The Balaban J connectivity index is 1.74. The maximum atomic E-state index is 12.9. The minimum Gasteiger partial charge on any atom is -0.380 e. The number of aromatic nitrogens is 3. The highest BCUT2D eigenvalue weighted by Crippen LogP contribution is 2.32. The summed E-state index contributed by atoms with van der Waals surface area (Å²) in [4.78, 5) is 26.2. The molecule has 0 aromatic carbocycles. The highest BCUT2D eigenvalue weighted by Gasteiger charge is 2.22. The Bertz CT molecular complexity index is 1130. The van der Waals surface area contributed by atoms with Crippen LogP contribution in [0.2, 0.25) is 0 Å². The van der Waals surface area contributed by atoms with E-state index in [2.05, 4.69) is 26.7 Å². The molecular formula is C23H24N6O. The Labute approximate surface area is 175 Å². The quantitative estimate of drug-likeness (QED) is 0.623. The van der Waals surface area contributed by atoms with Crippen LogP contribution in [0, 0.1) is 17.2 Å². The van der Waals surface area contributed by atoms with Crippen molar-refractivity contribution in [1.82, 2.24) is 20.3 Å². The summed E-state index contributed by atoms with van der Waals surface area (Å²) in [6, 6.07) is 7.68. The smallest absolute Gasteiger partial charge is 0.255 e. The molecule has 0 bridgehead atoms. The Morgan fingerprint density at radius 2 is 2.10 bits per heavy atom. The number of rotatable bonds is 7. The lowest BCUT2D eigenvalue weighted by Gasteiger charge is -2.17. The molecule has 0 spiro atoms. The lowest BCUT2D eigenvalue weighted by Crippen LogP contribution is -2.27. The number of nitrogens with one attached hydrogen (secondary N) is 2. The number of nitriles is 1. The summed E-state index contributed by atoms with van der Waals surface area (Å²) in [6.07, 6.45) is 8.35. The number of amides is 1. The van der Waals surface area contributed by atoms with Crippen LogP contribution >= 0.6 is 0 Å². The molecular weight excluding hydrogens is 376 g/mol. The molecule has 3 aromatic rings. The second-order valence-corrected chi connectivity index (χ2v) is 7.97. The van der Waals surface area contributed by atoms with Crippen molar-refractivity contribution in [2.45, 2.75) is 39.2 Å². The van der Waals surface area contributed by atoms with E-state index in [4.69, 9.17) is 10.2 Å². The lowest BCUT2D eigenvalue weighted by molar-refractivity contribution is 0.0953. The first kappa shape index (κ1) is 19.8. The minimum absolute atomic E-state index is 0.114. The molecule has 0 radical (unpaired) electrons. The third-order valence-corrected chi connectivity index (χ3v) is 5.09. The van der Waals surface area contributed by atoms with E-state index in [1.54, 1.807) is 18.5 Å². The molecule has 4 rings (SSSR count). The molecule has 152 valence electrons. The van der Waals surface area contributed by atoms with Gasteiger partial charge in [-0.3, -0.25) is 14.8 Å². The van der Waals surface area contributed by atoms with E-state index in [1.807, 2.05) is 26.0 Å². The SMILES string of the molecule is CC(C)Nc1c(C(=O)NCCC2CC2)cnc2ccc(-c3cncc(C#N)c3)nc12. The second-order valence-electron chi connectivity index (χ2n) is 7.97. The molecule has 30 heavy (non-hydrogen) atoms. The van der Waals surface area contributed by atoms with Crippen molar-refractivity contribution >= 4 is 22.6 Å². The van der Waals surface area contributed by atoms with Gasteiger partial charge in [0.05, 0.1) is 28.0 Å². The molecule has 0 aliphatic heterocycles. The van der Waals surface area contributed by atoms with Crippen molar-refractivity contribution in [3.63, 3.8) is 0 Å². The van der Waals surface area contributed by atoms with Gasteiger partial charge < -0.3 is 10.6 Å². The maximum Gasteiger partial charge on any atom is 0.255 e. The molecule has 1 saturated carbocycles. The Hall–Kier alpha value is -3.53. The Morgan fingerprint density at radius 1 is 1.27 bits per heavy atom. The monoisotopic (exact) mass is 400 g/mol. The van der Waals surface area contributed by atoms with Gasteiger partial charge in [-0.05, 0) is 44.4 Å². The zero-order valence-corrected chi connectivity index (χ0v) is 17.1. The van der Waals surface area contributed by atoms with E-state index in [0.29, 0.717) is 40.1 Å². The average molecular weight is 400 g/mol. The summed E-state index contributed by atoms with van der Waals surface area (Å²) in [6.45, 7) is 4.71. The van der Waals surface area contributed by atoms with Crippen LogP contribution in [0.1, 0.15) is 49.0 Å². The molecule has 0 atom stereocenters. The summed E-state index contributed by atoms with van der Waals surface area (Å²) in [7, 11) is 0. The van der Waals surface area contributed by atoms with Crippen molar-refractivity contribution in [2.24, 2.45) is 5.92 Å². The number of carbonyl (C=O) groups excluding carboxylic acids is 1. The van der Waals surface area contributed by atoms with Crippen molar-refractivity contribution in [3.05, 3.63) is 47.9 Å². The lowest BCUT2D eigenvalue weighted by atomic mass is 10.1. The first-order valence-corrected chi connectivity index (χ1v) is 10.2. The number of anilines is 1. The fraction of sp³-hybridized carbons (Fsp3) is 0.348. The van der Waals surface area contributed by atoms with E-state index in [1.165, 1.54) is 19.0 Å². The molecule has 7 nitrogen and oxygen atoms in total. The van der Waals surface area contributed by atoms with Gasteiger partial charge in [0.25, 0.3) is 5.91 Å². The predicted molar refractivity (Wildman–Crippen MR) is 116 cm³/mol. The second kappa shape index (κ2) is 8.46. The van der Waals surface area contributed by atoms with Crippen LogP contribution in [-0.2, 0) is 0 Å². The third kappa shape index (κ3) is 4.38. The summed E-state index contributed by atoms with van der Waals surface area (Å²) < 4.78 is 0. The van der Waals surface area contributed by atoms with Crippen LogP contribution in [0.5, 0.6) is 0 Å². The Kier molecular flexibility index (Phi) is 5.57. The van der Waals surface area contributed by atoms with E-state index < -0.39 is 0 Å². The van der Waals surface area contributed by atoms with Gasteiger partial charge in [-0.2, -0.15) is 5.26 Å². The molecule has 3 aromatic heterocycles.